The van der Waals surface area contributed by atoms with Crippen molar-refractivity contribution in [3.05, 3.63) is 64.9 Å². The van der Waals surface area contributed by atoms with Crippen LogP contribution in [-0.4, -0.2) is 11.8 Å². The molecular weight excluding hydrogens is 295 g/mol. The maximum Gasteiger partial charge on any atom is 0.313 e. The van der Waals surface area contributed by atoms with Crippen molar-refractivity contribution < 1.29 is 14.0 Å². The Hall–Kier alpha value is -2.40. The van der Waals surface area contributed by atoms with Gasteiger partial charge in [-0.15, -0.1) is 0 Å². The third-order valence-electron chi connectivity index (χ3n) is 2.66. The van der Waals surface area contributed by atoms with Crippen LogP contribution >= 0.6 is 11.6 Å². The van der Waals surface area contributed by atoms with Crippen LogP contribution < -0.4 is 10.6 Å². The zero-order valence-corrected chi connectivity index (χ0v) is 11.7. The van der Waals surface area contributed by atoms with Crippen LogP contribution in [0.3, 0.4) is 0 Å². The van der Waals surface area contributed by atoms with Crippen LogP contribution in [0.25, 0.3) is 0 Å². The maximum absolute atomic E-state index is 12.7. The second kappa shape index (κ2) is 6.85. The minimum Gasteiger partial charge on any atom is -0.344 e. The summed E-state index contributed by atoms with van der Waals surface area (Å²) < 4.78 is 12.7. The summed E-state index contributed by atoms with van der Waals surface area (Å²) in [5.41, 5.74) is 1.13. The largest absolute Gasteiger partial charge is 0.344 e. The van der Waals surface area contributed by atoms with E-state index in [-0.39, 0.29) is 12.4 Å². The predicted molar refractivity (Wildman–Crippen MR) is 78.3 cm³/mol. The molecule has 6 heteroatoms. The van der Waals surface area contributed by atoms with Gasteiger partial charge in [-0.05, 0) is 35.9 Å². The molecule has 0 aromatic heterocycles. The summed E-state index contributed by atoms with van der Waals surface area (Å²) in [4.78, 5) is 23.3. The normalized spacial score (nSPS) is 10.0. The molecule has 2 aromatic rings. The number of carbonyl (C=O) groups excluding carboxylic acids is 2. The molecule has 0 aliphatic heterocycles. The first-order valence-electron chi connectivity index (χ1n) is 6.14. The van der Waals surface area contributed by atoms with Crippen LogP contribution in [0.4, 0.5) is 10.1 Å². The predicted octanol–water partition coefficient (Wildman–Crippen LogP) is 2.73. The molecule has 0 aliphatic carbocycles. The lowest BCUT2D eigenvalue weighted by Crippen LogP contribution is -2.34. The summed E-state index contributed by atoms with van der Waals surface area (Å²) in [7, 11) is 0. The molecule has 0 radical (unpaired) electrons. The molecule has 2 aromatic carbocycles. The highest BCUT2D eigenvalue weighted by Gasteiger charge is 2.13. The van der Waals surface area contributed by atoms with Gasteiger partial charge >= 0.3 is 11.8 Å². The van der Waals surface area contributed by atoms with Crippen molar-refractivity contribution in [3.8, 4) is 0 Å². The van der Waals surface area contributed by atoms with E-state index in [1.807, 2.05) is 0 Å². The number of hydrogen-bond donors (Lipinski definition) is 2. The number of amides is 2. The van der Waals surface area contributed by atoms with Gasteiger partial charge in [0.25, 0.3) is 0 Å². The second-order valence-electron chi connectivity index (χ2n) is 4.27. The topological polar surface area (TPSA) is 58.2 Å². The van der Waals surface area contributed by atoms with E-state index < -0.39 is 11.8 Å². The average molecular weight is 307 g/mol. The molecule has 0 heterocycles. The third-order valence-corrected chi connectivity index (χ3v) is 2.89. The lowest BCUT2D eigenvalue weighted by molar-refractivity contribution is -0.136. The number of benzene rings is 2. The zero-order valence-electron chi connectivity index (χ0n) is 10.9. The molecule has 0 fully saturated rings. The summed E-state index contributed by atoms with van der Waals surface area (Å²) in [5, 5.41) is 5.34. The van der Waals surface area contributed by atoms with Crippen molar-refractivity contribution in [2.24, 2.45) is 0 Å². The van der Waals surface area contributed by atoms with Gasteiger partial charge in [-0.2, -0.15) is 0 Å². The standard InChI is InChI=1S/C15H12ClFN2O2/c16-11-2-1-3-13(8-11)19-15(21)14(20)18-9-10-4-6-12(17)7-5-10/h1-8H,9H2,(H,18,20)(H,19,21). The van der Waals surface area contributed by atoms with E-state index in [0.29, 0.717) is 16.3 Å². The number of hydrogen-bond acceptors (Lipinski definition) is 2. The lowest BCUT2D eigenvalue weighted by Gasteiger charge is -2.07. The smallest absolute Gasteiger partial charge is 0.313 e. The fraction of sp³-hybridized carbons (Fsp3) is 0.0667. The van der Waals surface area contributed by atoms with E-state index in [2.05, 4.69) is 10.6 Å². The monoisotopic (exact) mass is 306 g/mol. The van der Waals surface area contributed by atoms with E-state index in [0.717, 1.165) is 0 Å². The number of nitrogens with one attached hydrogen (secondary N) is 2. The summed E-state index contributed by atoms with van der Waals surface area (Å²) in [6.07, 6.45) is 0. The number of halogens is 2. The van der Waals surface area contributed by atoms with Gasteiger partial charge in [0, 0.05) is 17.3 Å². The van der Waals surface area contributed by atoms with E-state index >= 15 is 0 Å². The van der Waals surface area contributed by atoms with Crippen LogP contribution in [0, 0.1) is 5.82 Å². The highest BCUT2D eigenvalue weighted by atomic mass is 35.5. The summed E-state index contributed by atoms with van der Waals surface area (Å²) in [5.74, 6) is -1.93. The van der Waals surface area contributed by atoms with Gasteiger partial charge in [-0.1, -0.05) is 29.8 Å². The Balaban J connectivity index is 1.88. The Labute approximate surface area is 125 Å². The second-order valence-corrected chi connectivity index (χ2v) is 4.71. The van der Waals surface area contributed by atoms with Crippen LogP contribution in [0.1, 0.15) is 5.56 Å². The third kappa shape index (κ3) is 4.57. The van der Waals surface area contributed by atoms with Crippen LogP contribution in [0.2, 0.25) is 5.02 Å². The van der Waals surface area contributed by atoms with E-state index in [1.165, 1.54) is 30.3 Å². The molecule has 0 bridgehead atoms. The highest BCUT2D eigenvalue weighted by Crippen LogP contribution is 2.14. The van der Waals surface area contributed by atoms with E-state index in [4.69, 9.17) is 11.6 Å². The van der Waals surface area contributed by atoms with E-state index in [9.17, 15) is 14.0 Å². The zero-order chi connectivity index (χ0) is 15.2. The molecule has 0 unspecified atom stereocenters. The minimum absolute atomic E-state index is 0.141. The highest BCUT2D eigenvalue weighted by molar-refractivity contribution is 6.39. The van der Waals surface area contributed by atoms with Crippen molar-refractivity contribution in [1.29, 1.82) is 0 Å². The molecule has 2 rings (SSSR count). The Morgan fingerprint density at radius 1 is 1.05 bits per heavy atom. The Bertz CT molecular complexity index is 659. The molecule has 2 N–H and O–H groups in total. The van der Waals surface area contributed by atoms with Crippen LogP contribution in [0.15, 0.2) is 48.5 Å². The Kier molecular flexibility index (Phi) is 4.90. The van der Waals surface area contributed by atoms with Crippen molar-refractivity contribution in [2.75, 3.05) is 5.32 Å². The minimum atomic E-state index is -0.792. The average Bonchev–Trinajstić information content (AvgIpc) is 2.46. The summed E-state index contributed by atoms with van der Waals surface area (Å²) in [6, 6.07) is 12.1. The first kappa shape index (κ1) is 15.0. The van der Waals surface area contributed by atoms with Gasteiger partial charge in [-0.3, -0.25) is 9.59 Å². The van der Waals surface area contributed by atoms with Gasteiger partial charge in [0.05, 0.1) is 0 Å². The van der Waals surface area contributed by atoms with Crippen molar-refractivity contribution in [2.45, 2.75) is 6.54 Å². The van der Waals surface area contributed by atoms with Gasteiger partial charge in [-0.25, -0.2) is 4.39 Å². The lowest BCUT2D eigenvalue weighted by atomic mass is 10.2. The van der Waals surface area contributed by atoms with Crippen molar-refractivity contribution in [1.82, 2.24) is 5.32 Å². The van der Waals surface area contributed by atoms with Gasteiger partial charge in [0.2, 0.25) is 0 Å². The van der Waals surface area contributed by atoms with Crippen LogP contribution in [0.5, 0.6) is 0 Å². The molecule has 0 spiro atoms. The van der Waals surface area contributed by atoms with Gasteiger partial charge in [0.15, 0.2) is 0 Å². The molecule has 0 saturated heterocycles. The number of carbonyl (C=O) groups is 2. The first-order valence-corrected chi connectivity index (χ1v) is 6.51. The molecular formula is C15H12ClFN2O2. The molecule has 0 atom stereocenters. The quantitative estimate of drug-likeness (QED) is 0.857. The summed E-state index contributed by atoms with van der Waals surface area (Å²) >= 11 is 5.78. The Morgan fingerprint density at radius 2 is 1.76 bits per heavy atom. The fourth-order valence-corrected chi connectivity index (χ4v) is 1.81. The van der Waals surface area contributed by atoms with E-state index in [1.54, 1.807) is 18.2 Å². The maximum atomic E-state index is 12.7. The van der Waals surface area contributed by atoms with Crippen LogP contribution in [-0.2, 0) is 16.1 Å². The van der Waals surface area contributed by atoms with Gasteiger partial charge in [0.1, 0.15) is 5.82 Å². The number of anilines is 1. The molecule has 0 aliphatic rings. The molecule has 2 amide bonds. The number of rotatable bonds is 3. The SMILES string of the molecule is O=C(NCc1ccc(F)cc1)C(=O)Nc1cccc(Cl)c1. The first-order chi connectivity index (χ1) is 10.0. The Morgan fingerprint density at radius 3 is 2.43 bits per heavy atom. The van der Waals surface area contributed by atoms with Gasteiger partial charge < -0.3 is 10.6 Å². The fourth-order valence-electron chi connectivity index (χ4n) is 1.62. The molecule has 0 saturated carbocycles. The molecule has 4 nitrogen and oxygen atoms in total. The molecule has 21 heavy (non-hydrogen) atoms. The van der Waals surface area contributed by atoms with Crippen molar-refractivity contribution in [3.63, 3.8) is 0 Å². The molecule has 108 valence electrons. The van der Waals surface area contributed by atoms with Crippen molar-refractivity contribution >= 4 is 29.1 Å². The summed E-state index contributed by atoms with van der Waals surface area (Å²) in [6.45, 7) is 0.141.